The minimum Gasteiger partial charge on any atom is -0.507 e. The third kappa shape index (κ3) is 2.89. The first-order chi connectivity index (χ1) is 15.5. The average Bonchev–Trinajstić information content (AvgIpc) is 3.38. The minimum atomic E-state index is -0.486. The quantitative estimate of drug-likeness (QED) is 0.492. The largest absolute Gasteiger partial charge is 0.507 e. The number of fused-ring (bicyclic) bond motifs is 2. The Morgan fingerprint density at radius 2 is 1.72 bits per heavy atom. The van der Waals surface area contributed by atoms with Crippen molar-refractivity contribution in [3.05, 3.63) is 77.5 Å². The van der Waals surface area contributed by atoms with E-state index in [1.165, 1.54) is 17.2 Å². The molecule has 32 heavy (non-hydrogen) atoms. The van der Waals surface area contributed by atoms with Gasteiger partial charge in [-0.3, -0.25) is 4.40 Å². The summed E-state index contributed by atoms with van der Waals surface area (Å²) in [5.74, 6) is 0.697. The lowest BCUT2D eigenvalue weighted by Crippen LogP contribution is -2.41. The van der Waals surface area contributed by atoms with Gasteiger partial charge in [-0.15, -0.1) is 0 Å². The molecule has 1 aliphatic heterocycles. The van der Waals surface area contributed by atoms with Gasteiger partial charge >= 0.3 is 0 Å². The Morgan fingerprint density at radius 3 is 2.44 bits per heavy atom. The maximum Gasteiger partial charge on any atom is 0.154 e. The molecular weight excluding hydrogens is 403 g/mol. The fourth-order valence-electron chi connectivity index (χ4n) is 5.55. The Bertz CT molecular complexity index is 1310. The lowest BCUT2D eigenvalue weighted by atomic mass is 9.76. The molecule has 1 saturated heterocycles. The zero-order valence-corrected chi connectivity index (χ0v) is 18.1. The molecule has 6 rings (SSSR count). The van der Waals surface area contributed by atoms with Crippen molar-refractivity contribution in [2.75, 3.05) is 18.0 Å². The van der Waals surface area contributed by atoms with E-state index in [9.17, 15) is 9.50 Å². The maximum absolute atomic E-state index is 14.6. The highest BCUT2D eigenvalue weighted by Crippen LogP contribution is 2.45. The van der Waals surface area contributed by atoms with Crippen LogP contribution >= 0.6 is 0 Å². The molecule has 6 heteroatoms. The second-order valence-corrected chi connectivity index (χ2v) is 9.29. The molecule has 2 aromatic carbocycles. The molecule has 0 amide bonds. The molecular formula is C26H25FN4O. The van der Waals surface area contributed by atoms with Crippen molar-refractivity contribution in [1.29, 1.82) is 0 Å². The molecule has 1 aliphatic carbocycles. The number of benzene rings is 2. The molecule has 0 radical (unpaired) electrons. The van der Waals surface area contributed by atoms with Crippen molar-refractivity contribution in [2.45, 2.75) is 32.6 Å². The second-order valence-electron chi connectivity index (χ2n) is 9.29. The van der Waals surface area contributed by atoms with E-state index < -0.39 is 5.82 Å². The molecule has 2 aliphatic rings. The number of phenolic OH excluding ortho intramolecular Hbond substituents is 1. The van der Waals surface area contributed by atoms with Gasteiger partial charge in [0.2, 0.25) is 0 Å². The predicted octanol–water partition coefficient (Wildman–Crippen LogP) is 4.93. The smallest absolute Gasteiger partial charge is 0.154 e. The van der Waals surface area contributed by atoms with Crippen LogP contribution in [0.5, 0.6) is 5.75 Å². The monoisotopic (exact) mass is 428 g/mol. The Labute approximate surface area is 186 Å². The fourth-order valence-corrected chi connectivity index (χ4v) is 5.55. The number of phenols is 1. The van der Waals surface area contributed by atoms with Crippen molar-refractivity contribution >= 4 is 11.3 Å². The number of aromatic nitrogens is 3. The van der Waals surface area contributed by atoms with E-state index in [2.05, 4.69) is 39.1 Å². The number of halogens is 1. The first-order valence-electron chi connectivity index (χ1n) is 11.2. The van der Waals surface area contributed by atoms with Crippen molar-refractivity contribution in [3.63, 3.8) is 0 Å². The van der Waals surface area contributed by atoms with Gasteiger partial charge in [-0.1, -0.05) is 30.3 Å². The lowest BCUT2D eigenvalue weighted by Gasteiger charge is -2.40. The van der Waals surface area contributed by atoms with Gasteiger partial charge in [0.1, 0.15) is 17.1 Å². The topological polar surface area (TPSA) is 53.7 Å². The number of nitrogens with zero attached hydrogens (tertiary/aromatic N) is 4. The molecule has 0 saturated carbocycles. The predicted molar refractivity (Wildman–Crippen MR) is 123 cm³/mol. The van der Waals surface area contributed by atoms with Crippen molar-refractivity contribution in [2.24, 2.45) is 5.41 Å². The Morgan fingerprint density at radius 1 is 1.00 bits per heavy atom. The van der Waals surface area contributed by atoms with Crippen LogP contribution in [-0.2, 0) is 12.8 Å². The number of hydrogen-bond donors (Lipinski definition) is 1. The van der Waals surface area contributed by atoms with E-state index in [-0.39, 0.29) is 11.3 Å². The second kappa shape index (κ2) is 7.05. The van der Waals surface area contributed by atoms with E-state index in [0.29, 0.717) is 16.8 Å². The van der Waals surface area contributed by atoms with Gasteiger partial charge < -0.3 is 10.0 Å². The summed E-state index contributed by atoms with van der Waals surface area (Å²) in [6.07, 6.45) is 9.82. The molecule has 2 aromatic heterocycles. The van der Waals surface area contributed by atoms with Gasteiger partial charge in [0.15, 0.2) is 11.6 Å². The van der Waals surface area contributed by atoms with E-state index in [4.69, 9.17) is 0 Å². The molecule has 0 bridgehead atoms. The van der Waals surface area contributed by atoms with Crippen molar-refractivity contribution < 1.29 is 9.50 Å². The van der Waals surface area contributed by atoms with Gasteiger partial charge in [0, 0.05) is 25.5 Å². The van der Waals surface area contributed by atoms with Gasteiger partial charge in [0.05, 0.1) is 11.8 Å². The van der Waals surface area contributed by atoms with Crippen LogP contribution in [0.15, 0.2) is 55.0 Å². The van der Waals surface area contributed by atoms with Crippen LogP contribution in [0.25, 0.3) is 16.9 Å². The highest BCUT2D eigenvalue weighted by Gasteiger charge is 2.40. The van der Waals surface area contributed by atoms with E-state index in [1.807, 2.05) is 4.40 Å². The maximum atomic E-state index is 14.6. The summed E-state index contributed by atoms with van der Waals surface area (Å²) >= 11 is 0. The van der Waals surface area contributed by atoms with E-state index in [0.717, 1.165) is 50.1 Å². The zero-order chi connectivity index (χ0) is 21.9. The van der Waals surface area contributed by atoms with Crippen LogP contribution in [0.2, 0.25) is 0 Å². The van der Waals surface area contributed by atoms with Crippen molar-refractivity contribution in [1.82, 2.24) is 14.4 Å². The highest BCUT2D eigenvalue weighted by molar-refractivity contribution is 5.76. The molecule has 3 heterocycles. The van der Waals surface area contributed by atoms with Crippen LogP contribution < -0.4 is 4.90 Å². The molecule has 0 unspecified atom stereocenters. The number of anilines is 1. The molecule has 1 N–H and O–H groups in total. The number of piperidine rings is 1. The molecule has 0 atom stereocenters. The number of rotatable bonds is 2. The van der Waals surface area contributed by atoms with Gasteiger partial charge in [-0.2, -0.15) is 0 Å². The summed E-state index contributed by atoms with van der Waals surface area (Å²) in [5.41, 5.74) is 4.93. The van der Waals surface area contributed by atoms with Crippen LogP contribution in [0, 0.1) is 18.2 Å². The standard InChI is InChI=1S/C26H25FN4O/c1-17-6-7-20(27)22(23(17)32)25-29-16-21-24(28-10-13-31(21)25)30-11-8-26(9-12-30)14-18-4-2-3-5-19(18)15-26/h2-7,10,13,16,32H,8-9,11-12,14-15H2,1H3. The number of aromatic hydroxyl groups is 1. The molecule has 1 fully saturated rings. The Balaban J connectivity index is 1.31. The van der Waals surface area contributed by atoms with Crippen LogP contribution in [0.3, 0.4) is 0 Å². The first-order valence-corrected chi connectivity index (χ1v) is 11.2. The third-order valence-electron chi connectivity index (χ3n) is 7.36. The SMILES string of the molecule is Cc1ccc(F)c(-c2ncc3c(N4CCC5(CC4)Cc4ccccc4C5)nccn23)c1O. The molecule has 5 nitrogen and oxygen atoms in total. The summed E-state index contributed by atoms with van der Waals surface area (Å²) in [6, 6.07) is 11.8. The Hall–Kier alpha value is -3.41. The normalized spacial score (nSPS) is 17.2. The van der Waals surface area contributed by atoms with Gasteiger partial charge in [-0.05, 0) is 60.8 Å². The fraction of sp³-hybridized carbons (Fsp3) is 0.308. The third-order valence-corrected chi connectivity index (χ3v) is 7.36. The Kier molecular flexibility index (Phi) is 4.25. The van der Waals surface area contributed by atoms with E-state index >= 15 is 0 Å². The van der Waals surface area contributed by atoms with Crippen LogP contribution in [0.1, 0.15) is 29.5 Å². The van der Waals surface area contributed by atoms with Crippen LogP contribution in [-0.4, -0.2) is 32.6 Å². The van der Waals surface area contributed by atoms with Gasteiger partial charge in [0.25, 0.3) is 0 Å². The molecule has 4 aromatic rings. The summed E-state index contributed by atoms with van der Waals surface area (Å²) in [5, 5.41) is 10.5. The summed E-state index contributed by atoms with van der Waals surface area (Å²) in [7, 11) is 0. The number of hydrogen-bond acceptors (Lipinski definition) is 4. The van der Waals surface area contributed by atoms with E-state index in [1.54, 1.807) is 31.6 Å². The number of aryl methyl sites for hydroxylation is 1. The summed E-state index contributed by atoms with van der Waals surface area (Å²) < 4.78 is 16.4. The van der Waals surface area contributed by atoms with Crippen LogP contribution in [0.4, 0.5) is 10.2 Å². The average molecular weight is 429 g/mol. The summed E-state index contributed by atoms with van der Waals surface area (Å²) in [6.45, 7) is 3.63. The summed E-state index contributed by atoms with van der Waals surface area (Å²) in [4.78, 5) is 11.5. The van der Waals surface area contributed by atoms with Gasteiger partial charge in [-0.25, -0.2) is 14.4 Å². The lowest BCUT2D eigenvalue weighted by molar-refractivity contribution is 0.232. The number of imidazole rings is 1. The highest BCUT2D eigenvalue weighted by atomic mass is 19.1. The molecule has 162 valence electrons. The minimum absolute atomic E-state index is 0.0726. The molecule has 1 spiro atoms. The van der Waals surface area contributed by atoms with Crippen molar-refractivity contribution in [3.8, 4) is 17.1 Å². The first kappa shape index (κ1) is 19.3. The zero-order valence-electron chi connectivity index (χ0n) is 18.1.